The quantitative estimate of drug-likeness (QED) is 0.259. The van der Waals surface area contributed by atoms with Crippen LogP contribution in [0.2, 0.25) is 0 Å². The lowest BCUT2D eigenvalue weighted by atomic mass is 10.1. The van der Waals surface area contributed by atoms with Gasteiger partial charge in [-0.2, -0.15) is 0 Å². The van der Waals surface area contributed by atoms with Crippen molar-refractivity contribution in [3.8, 4) is 5.75 Å². The van der Waals surface area contributed by atoms with Gasteiger partial charge in [-0.05, 0) is 88.4 Å². The molecule has 42 heavy (non-hydrogen) atoms. The number of fused-ring (bicyclic) bond motifs is 12. The van der Waals surface area contributed by atoms with E-state index >= 15 is 0 Å². The number of rotatable bonds is 6. The summed E-state index contributed by atoms with van der Waals surface area (Å²) < 4.78 is 5.71. The Morgan fingerprint density at radius 1 is 0.976 bits per heavy atom. The van der Waals surface area contributed by atoms with Gasteiger partial charge in [0.2, 0.25) is 5.91 Å². The van der Waals surface area contributed by atoms with Crippen LogP contribution in [0.15, 0.2) is 60.9 Å². The lowest BCUT2D eigenvalue weighted by molar-refractivity contribution is -0.130. The Hall–Kier alpha value is -4.22. The second-order valence-electron chi connectivity index (χ2n) is 10.6. The van der Waals surface area contributed by atoms with Gasteiger partial charge in [-0.3, -0.25) is 14.5 Å². The average molecular weight is 575 g/mol. The van der Waals surface area contributed by atoms with Crippen molar-refractivity contribution < 1.29 is 14.3 Å². The molecule has 0 saturated heterocycles. The first kappa shape index (κ1) is 30.7. The third kappa shape index (κ3) is 10.0. The van der Waals surface area contributed by atoms with E-state index in [1.54, 1.807) is 12.1 Å². The minimum absolute atomic E-state index is 0.174. The van der Waals surface area contributed by atoms with Crippen molar-refractivity contribution in [1.82, 2.24) is 30.4 Å². The maximum absolute atomic E-state index is 13.2. The van der Waals surface area contributed by atoms with Crippen LogP contribution in [0.3, 0.4) is 0 Å². The second-order valence-corrected chi connectivity index (χ2v) is 10.6. The molecular formula is C31H42N8O3. The number of ether oxygens (including phenoxy) is 1. The molecule has 0 radical (unpaired) electrons. The first-order valence-electron chi connectivity index (χ1n) is 14.5. The highest BCUT2D eigenvalue weighted by molar-refractivity contribution is 5.88. The molecular weight excluding hydrogens is 532 g/mol. The number of nitrogens with zero attached hydrogens (tertiary/aromatic N) is 4. The van der Waals surface area contributed by atoms with Crippen LogP contribution in [0.5, 0.6) is 5.75 Å². The number of hydrogen-bond acceptors (Lipinski definition) is 9. The fourth-order valence-corrected chi connectivity index (χ4v) is 4.67. The number of carbonyl (C=O) groups excluding carboxylic acids is 2. The van der Waals surface area contributed by atoms with Gasteiger partial charge in [-0.1, -0.05) is 19.1 Å². The van der Waals surface area contributed by atoms with E-state index in [1.165, 1.54) is 6.33 Å². The molecule has 1 aromatic heterocycles. The normalized spacial score (nSPS) is 17.0. The first-order valence-corrected chi connectivity index (χ1v) is 14.5. The molecule has 0 fully saturated rings. The van der Waals surface area contributed by atoms with Crippen LogP contribution in [0.1, 0.15) is 31.7 Å². The topological polar surface area (TPSA) is 124 Å². The van der Waals surface area contributed by atoms with Gasteiger partial charge in [0.1, 0.15) is 29.8 Å². The third-order valence-electron chi connectivity index (χ3n) is 6.94. The van der Waals surface area contributed by atoms with E-state index in [9.17, 15) is 9.59 Å². The van der Waals surface area contributed by atoms with Gasteiger partial charge in [0.25, 0.3) is 5.91 Å². The smallest absolute Gasteiger partial charge is 0.258 e. The highest BCUT2D eigenvalue weighted by atomic mass is 16.5. The lowest BCUT2D eigenvalue weighted by Gasteiger charge is -2.23. The number of carbonyl (C=O) groups is 2. The fourth-order valence-electron chi connectivity index (χ4n) is 4.67. The summed E-state index contributed by atoms with van der Waals surface area (Å²) in [6.45, 7) is 5.57. The summed E-state index contributed by atoms with van der Waals surface area (Å²) in [4.78, 5) is 39.0. The number of hydrogen-bond donors (Lipinski definition) is 4. The summed E-state index contributed by atoms with van der Waals surface area (Å²) in [5.41, 5.74) is 2.88. The molecule has 11 heteroatoms. The molecule has 224 valence electrons. The number of likely N-dealkylation sites (N-methyl/N-ethyl adjacent to an activating group) is 1. The predicted octanol–water partition coefficient (Wildman–Crippen LogP) is 3.51. The Labute approximate surface area is 248 Å². The van der Waals surface area contributed by atoms with Crippen LogP contribution in [0.4, 0.5) is 23.0 Å². The maximum atomic E-state index is 13.2. The highest BCUT2D eigenvalue weighted by Crippen LogP contribution is 2.22. The molecule has 5 rings (SSSR count). The minimum atomic E-state index is -0.620. The summed E-state index contributed by atoms with van der Waals surface area (Å²) in [5.74, 6) is 1.35. The zero-order valence-corrected chi connectivity index (χ0v) is 24.7. The first-order chi connectivity index (χ1) is 20.4. The van der Waals surface area contributed by atoms with Gasteiger partial charge in [-0.25, -0.2) is 9.97 Å². The lowest BCUT2D eigenvalue weighted by Crippen LogP contribution is -2.49. The van der Waals surface area contributed by atoms with Crippen molar-refractivity contribution in [3.63, 3.8) is 0 Å². The Kier molecular flexibility index (Phi) is 11.5. The van der Waals surface area contributed by atoms with E-state index in [0.717, 1.165) is 49.4 Å². The van der Waals surface area contributed by atoms with E-state index in [-0.39, 0.29) is 18.4 Å². The molecule has 2 aliphatic heterocycles. The maximum Gasteiger partial charge on any atom is 0.258 e. The zero-order chi connectivity index (χ0) is 29.7. The molecule has 4 N–H and O–H groups in total. The van der Waals surface area contributed by atoms with Crippen molar-refractivity contribution in [3.05, 3.63) is 66.5 Å². The molecule has 1 atom stereocenters. The number of benzene rings is 2. The average Bonchev–Trinajstić information content (AvgIpc) is 2.97. The fraction of sp³-hybridized carbons (Fsp3) is 0.419. The molecule has 2 amide bonds. The summed E-state index contributed by atoms with van der Waals surface area (Å²) in [7, 11) is 4.05. The Morgan fingerprint density at radius 3 is 2.48 bits per heavy atom. The third-order valence-corrected chi connectivity index (χ3v) is 6.94. The van der Waals surface area contributed by atoms with Crippen LogP contribution in [-0.2, 0) is 16.1 Å². The van der Waals surface area contributed by atoms with E-state index in [2.05, 4.69) is 60.1 Å². The molecule has 2 aromatic carbocycles. The van der Waals surface area contributed by atoms with E-state index < -0.39 is 6.04 Å². The van der Waals surface area contributed by atoms with Crippen LogP contribution >= 0.6 is 0 Å². The molecule has 0 spiro atoms. The molecule has 0 saturated carbocycles. The predicted molar refractivity (Wildman–Crippen MR) is 165 cm³/mol. The van der Waals surface area contributed by atoms with E-state index in [4.69, 9.17) is 4.74 Å². The molecule has 1 unspecified atom stereocenters. The monoisotopic (exact) mass is 574 g/mol. The zero-order valence-electron chi connectivity index (χ0n) is 24.7. The molecule has 2 aliphatic rings. The molecule has 3 heterocycles. The summed E-state index contributed by atoms with van der Waals surface area (Å²) in [6, 6.07) is 16.7. The Balaban J connectivity index is 1.51. The summed E-state index contributed by atoms with van der Waals surface area (Å²) in [5, 5.41) is 12.6. The Morgan fingerprint density at radius 2 is 1.74 bits per heavy atom. The van der Waals surface area contributed by atoms with Gasteiger partial charge in [0.05, 0.1) is 0 Å². The van der Waals surface area contributed by atoms with E-state index in [1.807, 2.05) is 44.4 Å². The highest BCUT2D eigenvalue weighted by Gasteiger charge is 2.21. The largest absolute Gasteiger partial charge is 0.484 e. The van der Waals surface area contributed by atoms with Crippen molar-refractivity contribution in [1.29, 1.82) is 0 Å². The van der Waals surface area contributed by atoms with Crippen LogP contribution in [0, 0.1) is 0 Å². The SMILES string of the molecule is CCN1CCNC(=O)C(CCCCN(C)C)NC(=O)COc2ccc(cc2)Nc2cc(ncn2)Nc2cccc(c2)C1. The van der Waals surface area contributed by atoms with Gasteiger partial charge in [0.15, 0.2) is 6.61 Å². The molecule has 3 aromatic rings. The summed E-state index contributed by atoms with van der Waals surface area (Å²) >= 11 is 0. The minimum Gasteiger partial charge on any atom is -0.484 e. The number of amides is 2. The van der Waals surface area contributed by atoms with Crippen LogP contribution in [0.25, 0.3) is 0 Å². The molecule has 0 aliphatic carbocycles. The van der Waals surface area contributed by atoms with Gasteiger partial charge >= 0.3 is 0 Å². The second kappa shape index (κ2) is 15.7. The van der Waals surface area contributed by atoms with Crippen molar-refractivity contribution >= 4 is 34.8 Å². The molecule has 11 nitrogen and oxygen atoms in total. The standard InChI is InChI=1S/C31H42N8O3/c1-4-39-17-15-32-31(41)27(10-5-6-16-38(2)3)37-30(40)21-42-26-13-11-24(12-14-26)35-28-19-29(34-22-33-28)36-25-9-7-8-23(18-25)20-39/h7-9,11-14,18-19,22,27H,4-6,10,15-17,20-21H2,1-3H3,(H,32,41)(H,37,40)(H2,33,34,35,36). The van der Waals surface area contributed by atoms with E-state index in [0.29, 0.717) is 36.9 Å². The van der Waals surface area contributed by atoms with Crippen molar-refractivity contribution in [2.24, 2.45) is 0 Å². The number of nitrogens with one attached hydrogen (secondary N) is 4. The number of anilines is 4. The van der Waals surface area contributed by atoms with Gasteiger partial charge in [-0.15, -0.1) is 0 Å². The van der Waals surface area contributed by atoms with Crippen molar-refractivity contribution in [2.75, 3.05) is 57.5 Å². The Bertz CT molecular complexity index is 1300. The van der Waals surface area contributed by atoms with Crippen LogP contribution in [-0.4, -0.2) is 84.5 Å². The van der Waals surface area contributed by atoms with Crippen molar-refractivity contribution in [2.45, 2.75) is 38.8 Å². The molecule has 6 bridgehead atoms. The van der Waals surface area contributed by atoms with Crippen LogP contribution < -0.4 is 26.0 Å². The number of unbranched alkanes of at least 4 members (excludes halogenated alkanes) is 1. The van der Waals surface area contributed by atoms with Gasteiger partial charge < -0.3 is 30.9 Å². The summed E-state index contributed by atoms with van der Waals surface area (Å²) in [6.07, 6.45) is 3.84. The van der Waals surface area contributed by atoms with Gasteiger partial charge in [0, 0.05) is 37.1 Å². The number of aromatic nitrogens is 2.